The van der Waals surface area contributed by atoms with Crippen molar-refractivity contribution in [2.24, 2.45) is 11.7 Å². The summed E-state index contributed by atoms with van der Waals surface area (Å²) in [6, 6.07) is 5.89. The largest absolute Gasteiger partial charge is 0.369 e. The second-order valence-electron chi connectivity index (χ2n) is 6.90. The van der Waals surface area contributed by atoms with Crippen LogP contribution in [0, 0.1) is 12.8 Å². The molecule has 0 radical (unpaired) electrons. The number of aromatic nitrogens is 3. The molecule has 1 aliphatic rings. The van der Waals surface area contributed by atoms with Crippen LogP contribution in [0.3, 0.4) is 0 Å². The molecule has 0 spiro atoms. The Morgan fingerprint density at radius 2 is 2.11 bits per heavy atom. The Balaban J connectivity index is 1.63. The molecule has 0 unspecified atom stereocenters. The van der Waals surface area contributed by atoms with Crippen molar-refractivity contribution in [3.8, 4) is 0 Å². The van der Waals surface area contributed by atoms with E-state index in [9.17, 15) is 9.59 Å². The molecule has 4 heterocycles. The van der Waals surface area contributed by atoms with E-state index in [1.165, 1.54) is 4.88 Å². The van der Waals surface area contributed by atoms with Gasteiger partial charge in [-0.1, -0.05) is 6.07 Å². The zero-order valence-corrected chi connectivity index (χ0v) is 15.9. The van der Waals surface area contributed by atoms with Gasteiger partial charge in [-0.15, -0.1) is 11.3 Å². The quantitative estimate of drug-likeness (QED) is 0.747. The number of fused-ring (bicyclic) bond motifs is 1. The lowest BCUT2D eigenvalue weighted by Gasteiger charge is -2.30. The van der Waals surface area contributed by atoms with Crippen molar-refractivity contribution in [1.82, 2.24) is 19.7 Å². The van der Waals surface area contributed by atoms with E-state index < -0.39 is 0 Å². The number of pyridine rings is 1. The molecule has 1 saturated heterocycles. The summed E-state index contributed by atoms with van der Waals surface area (Å²) in [4.78, 5) is 32.1. The summed E-state index contributed by atoms with van der Waals surface area (Å²) < 4.78 is 1.84. The van der Waals surface area contributed by atoms with E-state index in [0.29, 0.717) is 38.0 Å². The van der Waals surface area contributed by atoms with E-state index in [1.54, 1.807) is 22.4 Å². The lowest BCUT2D eigenvalue weighted by molar-refractivity contribution is -0.123. The Morgan fingerprint density at radius 3 is 2.78 bits per heavy atom. The molecule has 2 N–H and O–H groups in total. The lowest BCUT2D eigenvalue weighted by Crippen LogP contribution is -2.41. The molecule has 140 valence electrons. The Hall–Kier alpha value is -2.74. The molecule has 0 aromatic carbocycles. The molecule has 1 aliphatic heterocycles. The monoisotopic (exact) mass is 383 g/mol. The van der Waals surface area contributed by atoms with Gasteiger partial charge < -0.3 is 10.6 Å². The first kappa shape index (κ1) is 17.7. The summed E-state index contributed by atoms with van der Waals surface area (Å²) in [5, 5.41) is 7.26. The molecule has 0 bridgehead atoms. The molecule has 3 aromatic rings. The predicted octanol–water partition coefficient (Wildman–Crippen LogP) is 2.19. The summed E-state index contributed by atoms with van der Waals surface area (Å²) in [5.41, 5.74) is 7.51. The van der Waals surface area contributed by atoms with Crippen LogP contribution in [0.25, 0.3) is 11.0 Å². The van der Waals surface area contributed by atoms with Crippen molar-refractivity contribution in [1.29, 1.82) is 0 Å². The molecule has 1 fully saturated rings. The zero-order chi connectivity index (χ0) is 19.0. The van der Waals surface area contributed by atoms with Gasteiger partial charge >= 0.3 is 0 Å². The minimum atomic E-state index is -0.279. The minimum absolute atomic E-state index is 0.0379. The number of carbonyl (C=O) groups is 2. The molecule has 8 heteroatoms. The second-order valence-corrected chi connectivity index (χ2v) is 7.93. The molecule has 27 heavy (non-hydrogen) atoms. The highest BCUT2D eigenvalue weighted by atomic mass is 32.1. The average Bonchev–Trinajstić information content (AvgIpc) is 3.31. The number of piperidine rings is 1. The molecule has 0 atom stereocenters. The number of amides is 2. The van der Waals surface area contributed by atoms with Crippen LogP contribution in [-0.4, -0.2) is 44.6 Å². The van der Waals surface area contributed by atoms with Crippen LogP contribution < -0.4 is 5.73 Å². The normalized spacial score (nSPS) is 15.4. The number of hydrogen-bond donors (Lipinski definition) is 1. The van der Waals surface area contributed by atoms with Crippen LogP contribution in [-0.2, 0) is 11.3 Å². The van der Waals surface area contributed by atoms with Gasteiger partial charge in [-0.3, -0.25) is 9.59 Å². The molecule has 3 aromatic heterocycles. The molecule has 7 nitrogen and oxygen atoms in total. The molecule has 4 rings (SSSR count). The van der Waals surface area contributed by atoms with E-state index in [1.807, 2.05) is 29.1 Å². The second kappa shape index (κ2) is 7.11. The number of nitrogens with zero attached hydrogens (tertiary/aromatic N) is 4. The highest BCUT2D eigenvalue weighted by molar-refractivity contribution is 7.09. The van der Waals surface area contributed by atoms with Crippen molar-refractivity contribution in [3.63, 3.8) is 0 Å². The van der Waals surface area contributed by atoms with Crippen molar-refractivity contribution in [2.45, 2.75) is 26.3 Å². The van der Waals surface area contributed by atoms with Crippen molar-refractivity contribution < 1.29 is 9.59 Å². The van der Waals surface area contributed by atoms with Gasteiger partial charge in [-0.05, 0) is 37.3 Å². The fourth-order valence-corrected chi connectivity index (χ4v) is 4.24. The summed E-state index contributed by atoms with van der Waals surface area (Å²) in [6.07, 6.45) is 2.95. The molecular formula is C19H21N5O2S. The Morgan fingerprint density at radius 1 is 1.33 bits per heavy atom. The van der Waals surface area contributed by atoms with Crippen LogP contribution >= 0.6 is 11.3 Å². The third-order valence-corrected chi connectivity index (χ3v) is 5.90. The van der Waals surface area contributed by atoms with E-state index >= 15 is 0 Å². The zero-order valence-electron chi connectivity index (χ0n) is 15.1. The van der Waals surface area contributed by atoms with Gasteiger partial charge in [0.05, 0.1) is 23.7 Å². The number of nitrogens with two attached hydrogens (primary N) is 1. The molecule has 2 amide bonds. The van der Waals surface area contributed by atoms with Crippen LogP contribution in [0.2, 0.25) is 0 Å². The first-order valence-corrected chi connectivity index (χ1v) is 9.85. The maximum absolute atomic E-state index is 13.1. The number of likely N-dealkylation sites (tertiary alicyclic amines) is 1. The first-order valence-electron chi connectivity index (χ1n) is 8.97. The van der Waals surface area contributed by atoms with Gasteiger partial charge in [-0.2, -0.15) is 5.10 Å². The van der Waals surface area contributed by atoms with Gasteiger partial charge in [0.1, 0.15) is 0 Å². The van der Waals surface area contributed by atoms with E-state index in [2.05, 4.69) is 16.1 Å². The Kier molecular flexibility index (Phi) is 4.65. The van der Waals surface area contributed by atoms with Gasteiger partial charge in [0.2, 0.25) is 5.91 Å². The standard InChI is InChI=1S/C19H21N5O2S/c1-12-9-15(19(26)23-6-4-13(5-7-23)17(20)25)16-10-21-24(18(16)22-12)11-14-3-2-8-27-14/h2-3,8-10,13H,4-7,11H2,1H3,(H2,20,25). The summed E-state index contributed by atoms with van der Waals surface area (Å²) in [6.45, 7) is 3.60. The maximum atomic E-state index is 13.1. The molecular weight excluding hydrogens is 362 g/mol. The van der Waals surface area contributed by atoms with Crippen molar-refractivity contribution in [3.05, 3.63) is 45.9 Å². The number of thiophene rings is 1. The van der Waals surface area contributed by atoms with Gasteiger partial charge in [0.15, 0.2) is 5.65 Å². The summed E-state index contributed by atoms with van der Waals surface area (Å²) >= 11 is 1.67. The first-order chi connectivity index (χ1) is 13.0. The van der Waals surface area contributed by atoms with E-state index in [0.717, 1.165) is 16.7 Å². The third kappa shape index (κ3) is 3.44. The Bertz CT molecular complexity index is 987. The highest BCUT2D eigenvalue weighted by Gasteiger charge is 2.28. The van der Waals surface area contributed by atoms with Crippen molar-refractivity contribution >= 4 is 34.2 Å². The van der Waals surface area contributed by atoms with Gasteiger partial charge in [0.25, 0.3) is 5.91 Å². The van der Waals surface area contributed by atoms with Crippen molar-refractivity contribution in [2.75, 3.05) is 13.1 Å². The molecule has 0 aliphatic carbocycles. The van der Waals surface area contributed by atoms with E-state index in [-0.39, 0.29) is 17.7 Å². The highest BCUT2D eigenvalue weighted by Crippen LogP contribution is 2.24. The number of hydrogen-bond acceptors (Lipinski definition) is 5. The average molecular weight is 383 g/mol. The number of aryl methyl sites for hydroxylation is 1. The third-order valence-electron chi connectivity index (χ3n) is 5.04. The maximum Gasteiger partial charge on any atom is 0.254 e. The van der Waals surface area contributed by atoms with Gasteiger partial charge in [-0.25, -0.2) is 9.67 Å². The fraction of sp³-hybridized carbons (Fsp3) is 0.368. The fourth-order valence-electron chi connectivity index (χ4n) is 3.55. The summed E-state index contributed by atoms with van der Waals surface area (Å²) in [7, 11) is 0. The minimum Gasteiger partial charge on any atom is -0.369 e. The predicted molar refractivity (Wildman–Crippen MR) is 104 cm³/mol. The van der Waals surface area contributed by atoms with Gasteiger partial charge in [0, 0.05) is 29.6 Å². The summed E-state index contributed by atoms with van der Waals surface area (Å²) in [5.74, 6) is -0.454. The van der Waals surface area contributed by atoms with Crippen LogP contribution in [0.15, 0.2) is 29.8 Å². The number of primary amides is 1. The van der Waals surface area contributed by atoms with Crippen LogP contribution in [0.5, 0.6) is 0 Å². The molecule has 0 saturated carbocycles. The topological polar surface area (TPSA) is 94.1 Å². The Labute approximate surface area is 160 Å². The number of rotatable bonds is 4. The number of carbonyl (C=O) groups excluding carboxylic acids is 2. The van der Waals surface area contributed by atoms with Crippen LogP contribution in [0.4, 0.5) is 0 Å². The SMILES string of the molecule is Cc1cc(C(=O)N2CCC(C(N)=O)CC2)c2cnn(Cc3cccs3)c2n1. The lowest BCUT2D eigenvalue weighted by atomic mass is 9.95. The van der Waals surface area contributed by atoms with E-state index in [4.69, 9.17) is 5.73 Å². The smallest absolute Gasteiger partial charge is 0.254 e. The van der Waals surface area contributed by atoms with Crippen LogP contribution in [0.1, 0.15) is 33.8 Å².